The zero-order chi connectivity index (χ0) is 38.1. The molecule has 7 rings (SSSR count). The molecule has 5 heterocycles. The van der Waals surface area contributed by atoms with Crippen LogP contribution in [0, 0.1) is 9.20 Å². The Bertz CT molecular complexity index is 2860. The minimum Gasteiger partial charge on any atom is -0.743 e. The van der Waals surface area contributed by atoms with Gasteiger partial charge in [0.1, 0.15) is 23.1 Å². The summed E-state index contributed by atoms with van der Waals surface area (Å²) in [4.78, 5) is 76.5. The molecule has 53 heavy (non-hydrogen) atoms. The number of thiazole rings is 2. The van der Waals surface area contributed by atoms with E-state index < -0.39 is 70.1 Å². The summed E-state index contributed by atoms with van der Waals surface area (Å²) in [6.07, 6.45) is 2.88. The van der Waals surface area contributed by atoms with Crippen LogP contribution in [0.4, 0.5) is 5.69 Å². The SMILES string of the molecule is O=C([O-])CN1C(=O)/C(=c2\s/c(=c3/sc(=CC=C4Sc5ccc6ccccc6c5[N+]45CCC5S(=O)(=O)[O-])c(=O)n3CC(=O)[O-])c(=O)n2CC(=O)[O-])SC1=S. The molecule has 0 bridgehead atoms. The number of amides is 1. The van der Waals surface area contributed by atoms with E-state index >= 15 is 0 Å². The smallest absolute Gasteiger partial charge is 0.272 e. The maximum absolute atomic E-state index is 13.8. The summed E-state index contributed by atoms with van der Waals surface area (Å²) >= 11 is 8.14. The zero-order valence-electron chi connectivity index (χ0n) is 26.4. The van der Waals surface area contributed by atoms with Gasteiger partial charge in [-0.2, -0.15) is 0 Å². The Morgan fingerprint density at radius 1 is 0.868 bits per heavy atom. The first-order valence-electron chi connectivity index (χ1n) is 15.1. The Labute approximate surface area is 317 Å². The van der Waals surface area contributed by atoms with Crippen LogP contribution >= 0.6 is 58.4 Å². The highest BCUT2D eigenvalue weighted by molar-refractivity contribution is 8.30. The minimum atomic E-state index is -4.82. The van der Waals surface area contributed by atoms with Crippen LogP contribution in [-0.2, 0) is 42.4 Å². The molecule has 0 radical (unpaired) electrons. The summed E-state index contributed by atoms with van der Waals surface area (Å²) in [6, 6.07) is 11.0. The van der Waals surface area contributed by atoms with Crippen molar-refractivity contribution in [2.45, 2.75) is 29.8 Å². The van der Waals surface area contributed by atoms with Crippen molar-refractivity contribution in [1.82, 2.24) is 18.5 Å². The number of aromatic nitrogens is 2. The number of carboxylic acids is 3. The number of hydrogen-bond acceptors (Lipinski definition) is 17. The van der Waals surface area contributed by atoms with E-state index in [9.17, 15) is 57.1 Å². The largest absolute Gasteiger partial charge is 0.743 e. The molecule has 0 saturated carbocycles. The van der Waals surface area contributed by atoms with Gasteiger partial charge in [-0.1, -0.05) is 48.2 Å². The normalized spacial score (nSPS) is 22.6. The molecule has 2 atom stereocenters. The van der Waals surface area contributed by atoms with Crippen LogP contribution in [0.15, 0.2) is 62.0 Å². The van der Waals surface area contributed by atoms with Gasteiger partial charge in [-0.25, -0.2) is 12.9 Å². The standard InChI is InChI=1S/C31H22N4O12S6/c36-20(37)11-32-26(42)17(7-8-18-35(10-9-19(35)53(45,46)47)23-15-4-2-1-3-14(15)5-6-16(23)49-18)50-29(32)24-27(43)33(12-21(38)39)30(51-24)25-28(44)34(13-22(40)41)31(48)52-25/h1-8,19H,9-13H2,(H3-,36,37,38,39,40,41,45,46,47)/p-3/b17-7?,18-8?,29-24+,30-25+. The lowest BCUT2D eigenvalue weighted by molar-refractivity contribution is -0.307. The quantitative estimate of drug-likeness (QED) is 0.0965. The lowest BCUT2D eigenvalue weighted by Gasteiger charge is -2.49. The minimum absolute atomic E-state index is 0.0856. The number of carbonyl (C=O) groups is 4. The number of hydrogen-bond donors (Lipinski definition) is 0. The number of quaternary nitrogens is 1. The number of thioether (sulfide) groups is 2. The molecule has 0 N–H and O–H groups in total. The fraction of sp³-hybridized carbons (Fsp3) is 0.194. The summed E-state index contributed by atoms with van der Waals surface area (Å²) in [5.41, 5.74) is -1.29. The molecule has 4 aromatic rings. The van der Waals surface area contributed by atoms with Gasteiger partial charge in [0.15, 0.2) is 26.2 Å². The molecule has 3 aliphatic heterocycles. The van der Waals surface area contributed by atoms with Gasteiger partial charge in [-0.3, -0.25) is 28.4 Å². The average Bonchev–Trinajstić information content (AvgIpc) is 3.75. The van der Waals surface area contributed by atoms with E-state index in [-0.39, 0.29) is 45.1 Å². The lowest BCUT2D eigenvalue weighted by Crippen LogP contribution is -2.66. The molecule has 1 spiro atoms. The summed E-state index contributed by atoms with van der Waals surface area (Å²) in [7, 11) is -4.82. The van der Waals surface area contributed by atoms with Crippen LogP contribution < -0.4 is 40.1 Å². The molecule has 22 heteroatoms. The number of nitrogens with zero attached hydrogens (tertiary/aromatic N) is 4. The van der Waals surface area contributed by atoms with Crippen molar-refractivity contribution in [1.29, 1.82) is 0 Å². The second kappa shape index (κ2) is 13.5. The van der Waals surface area contributed by atoms with Crippen molar-refractivity contribution in [2.75, 3.05) is 13.1 Å². The van der Waals surface area contributed by atoms with Crippen molar-refractivity contribution in [2.24, 2.45) is 0 Å². The number of carboxylic acid groups (broad SMARTS) is 3. The first kappa shape index (κ1) is 36.9. The summed E-state index contributed by atoms with van der Waals surface area (Å²) in [5, 5.41) is 35.3. The molecular formula is C31H19N4O12S6-3. The summed E-state index contributed by atoms with van der Waals surface area (Å²) in [6.45, 7) is -2.74. The highest BCUT2D eigenvalue weighted by Gasteiger charge is 2.60. The number of thiocarbonyl (C=S) groups is 1. The number of fused-ring (bicyclic) bond motifs is 4. The topological polar surface area (TPSA) is 242 Å². The monoisotopic (exact) mass is 831 g/mol. The fourth-order valence-electron chi connectivity index (χ4n) is 6.47. The molecule has 3 aliphatic rings. The van der Waals surface area contributed by atoms with E-state index in [1.165, 1.54) is 23.9 Å². The molecule has 0 aliphatic carbocycles. The van der Waals surface area contributed by atoms with E-state index in [2.05, 4.69) is 0 Å². The van der Waals surface area contributed by atoms with Crippen LogP contribution in [0.1, 0.15) is 6.42 Å². The predicted octanol–water partition coefficient (Wildman–Crippen LogP) is -3.20. The van der Waals surface area contributed by atoms with Gasteiger partial charge in [0.25, 0.3) is 17.0 Å². The van der Waals surface area contributed by atoms with Crippen molar-refractivity contribution < 1.29 is 47.5 Å². The molecule has 2 unspecified atom stereocenters. The number of benzene rings is 2. The van der Waals surface area contributed by atoms with Crippen molar-refractivity contribution in [3.05, 3.63) is 86.6 Å². The first-order chi connectivity index (χ1) is 25.0. The Morgan fingerprint density at radius 3 is 2.15 bits per heavy atom. The molecule has 16 nitrogen and oxygen atoms in total. The highest BCUT2D eigenvalue weighted by atomic mass is 32.2. The van der Waals surface area contributed by atoms with Crippen molar-refractivity contribution >= 4 is 124 Å². The molecule has 2 fully saturated rings. The lowest BCUT2D eigenvalue weighted by atomic mass is 10.0. The molecular weight excluding hydrogens is 813 g/mol. The van der Waals surface area contributed by atoms with Gasteiger partial charge in [0, 0.05) is 11.5 Å². The molecule has 2 aromatic carbocycles. The number of rotatable bonds is 8. The molecule has 2 aromatic heterocycles. The Hall–Kier alpha value is -4.42. The first-order valence-corrected chi connectivity index (χ1v) is 20.2. The number of carbonyl (C=O) groups excluding carboxylic acids is 4. The van der Waals surface area contributed by atoms with Crippen LogP contribution in [0.3, 0.4) is 0 Å². The van der Waals surface area contributed by atoms with E-state index in [0.717, 1.165) is 15.3 Å². The van der Waals surface area contributed by atoms with Crippen LogP contribution in [0.25, 0.3) is 21.8 Å². The third kappa shape index (κ3) is 6.17. The number of allylic oxidation sites excluding steroid dienone is 1. The van der Waals surface area contributed by atoms with Gasteiger partial charge >= 0.3 is 0 Å². The van der Waals surface area contributed by atoms with E-state index in [1.54, 1.807) is 6.07 Å². The average molecular weight is 832 g/mol. The maximum atomic E-state index is 13.8. The van der Waals surface area contributed by atoms with Gasteiger partial charge in [-0.05, 0) is 35.4 Å². The Balaban J connectivity index is 1.48. The molecule has 2 saturated heterocycles. The van der Waals surface area contributed by atoms with Crippen LogP contribution in [0.2, 0.25) is 0 Å². The Morgan fingerprint density at radius 2 is 1.53 bits per heavy atom. The van der Waals surface area contributed by atoms with Gasteiger partial charge in [-0.15, -0.1) is 22.7 Å². The Kier molecular flexibility index (Phi) is 9.38. The second-order valence-corrected chi connectivity index (χ2v) is 18.0. The van der Waals surface area contributed by atoms with E-state index in [0.29, 0.717) is 59.5 Å². The van der Waals surface area contributed by atoms with Gasteiger partial charge in [0.2, 0.25) is 0 Å². The van der Waals surface area contributed by atoms with Crippen LogP contribution in [0.5, 0.6) is 0 Å². The van der Waals surface area contributed by atoms with E-state index in [4.69, 9.17) is 12.2 Å². The van der Waals surface area contributed by atoms with Crippen LogP contribution in [-0.4, -0.2) is 73.6 Å². The summed E-state index contributed by atoms with van der Waals surface area (Å²) < 4.78 is 37.6. The van der Waals surface area contributed by atoms with Crippen molar-refractivity contribution in [3.8, 4) is 0 Å². The van der Waals surface area contributed by atoms with Gasteiger partial charge in [0.05, 0.1) is 59.9 Å². The highest BCUT2D eigenvalue weighted by Crippen LogP contribution is 2.59. The van der Waals surface area contributed by atoms with E-state index in [1.807, 2.05) is 30.3 Å². The third-order valence-electron chi connectivity index (χ3n) is 8.69. The second-order valence-electron chi connectivity index (χ2n) is 11.7. The number of aliphatic carboxylic acids is 3. The molecule has 1 amide bonds. The summed E-state index contributed by atoms with van der Waals surface area (Å²) in [5.74, 6) is -6.02. The molecule has 274 valence electrons. The maximum Gasteiger partial charge on any atom is 0.272 e. The zero-order valence-corrected chi connectivity index (χ0v) is 31.3. The van der Waals surface area contributed by atoms with Gasteiger partial charge < -0.3 is 34.3 Å². The van der Waals surface area contributed by atoms with Crippen molar-refractivity contribution in [3.63, 3.8) is 0 Å². The predicted molar refractivity (Wildman–Crippen MR) is 192 cm³/mol. The fourth-order valence-corrected chi connectivity index (χ4v) is 12.8. The third-order valence-corrected chi connectivity index (χ3v) is 15.2.